The van der Waals surface area contributed by atoms with Gasteiger partial charge in [-0.2, -0.15) is 0 Å². The van der Waals surface area contributed by atoms with Crippen LogP contribution in [0.4, 0.5) is 34.1 Å². The number of hydrogen-bond acceptors (Lipinski definition) is 2. The summed E-state index contributed by atoms with van der Waals surface area (Å²) in [4.78, 5) is 5.04. The van der Waals surface area contributed by atoms with Gasteiger partial charge in [0.25, 0.3) is 0 Å². The Hall–Kier alpha value is -6.64. The molecule has 2 heteroatoms. The first-order valence-corrected chi connectivity index (χ1v) is 25.0. The SMILES string of the molecule is CC(C)(C)c1ccc(N(c2ccc3c(c2)CC3)c2ccc3c(c2)C(c2ccc4c(c2)CC4)(c2ccc4c(c2)CC4)c2cc(N(c4ccc(C(C)(C)C)cc4)c4ccc5c(c4)CC5)ccc2-3)cc1. The van der Waals surface area contributed by atoms with E-state index in [9.17, 15) is 0 Å². The highest BCUT2D eigenvalue weighted by atomic mass is 15.1. The van der Waals surface area contributed by atoms with Gasteiger partial charge in [0.1, 0.15) is 0 Å². The predicted molar refractivity (Wildman–Crippen MR) is 280 cm³/mol. The predicted octanol–water partition coefficient (Wildman–Crippen LogP) is 16.0. The van der Waals surface area contributed by atoms with Gasteiger partial charge in [0.2, 0.25) is 0 Å². The number of anilines is 6. The van der Waals surface area contributed by atoms with E-state index < -0.39 is 5.41 Å². The molecule has 0 unspecified atom stereocenters. The van der Waals surface area contributed by atoms with Gasteiger partial charge in [0.15, 0.2) is 0 Å². The zero-order chi connectivity index (χ0) is 45.4. The lowest BCUT2D eigenvalue weighted by atomic mass is 9.65. The van der Waals surface area contributed by atoms with Crippen LogP contribution >= 0.6 is 0 Å². The highest BCUT2D eigenvalue weighted by Crippen LogP contribution is 2.59. The van der Waals surface area contributed by atoms with Crippen molar-refractivity contribution in [2.75, 3.05) is 9.80 Å². The molecule has 8 aromatic rings. The lowest BCUT2D eigenvalue weighted by molar-refractivity contribution is 0.590. The summed E-state index contributed by atoms with van der Waals surface area (Å²) in [6.45, 7) is 13.8. The highest BCUT2D eigenvalue weighted by molar-refractivity contribution is 5.92. The molecule has 0 amide bonds. The molecular formula is C65H60N2. The fourth-order valence-electron chi connectivity index (χ4n) is 12.0. The van der Waals surface area contributed by atoms with Gasteiger partial charge in [0, 0.05) is 34.1 Å². The summed E-state index contributed by atoms with van der Waals surface area (Å²) in [7, 11) is 0. The maximum absolute atomic E-state index is 2.58. The summed E-state index contributed by atoms with van der Waals surface area (Å²) in [6.07, 6.45) is 9.23. The molecule has 2 nitrogen and oxygen atoms in total. The van der Waals surface area contributed by atoms with Gasteiger partial charge in [-0.1, -0.05) is 126 Å². The molecule has 5 aliphatic carbocycles. The van der Waals surface area contributed by atoms with Crippen LogP contribution in [0.2, 0.25) is 0 Å². The maximum Gasteiger partial charge on any atom is 0.0715 e. The Labute approximate surface area is 398 Å². The zero-order valence-electron chi connectivity index (χ0n) is 40.1. The Morgan fingerprint density at radius 1 is 0.299 bits per heavy atom. The second-order valence-electron chi connectivity index (χ2n) is 22.3. The topological polar surface area (TPSA) is 6.48 Å². The zero-order valence-corrected chi connectivity index (χ0v) is 40.1. The molecule has 0 atom stereocenters. The molecular weight excluding hydrogens is 809 g/mol. The Bertz CT molecular complexity index is 3090. The van der Waals surface area contributed by atoms with Gasteiger partial charge in [0.05, 0.1) is 5.41 Å². The van der Waals surface area contributed by atoms with Crippen molar-refractivity contribution in [1.82, 2.24) is 0 Å². The molecule has 0 heterocycles. The summed E-state index contributed by atoms with van der Waals surface area (Å²) < 4.78 is 0. The molecule has 330 valence electrons. The maximum atomic E-state index is 2.58. The van der Waals surface area contributed by atoms with Crippen LogP contribution in [0, 0.1) is 0 Å². The molecule has 0 aromatic heterocycles. The third-order valence-corrected chi connectivity index (χ3v) is 16.4. The third kappa shape index (κ3) is 6.35. The van der Waals surface area contributed by atoms with Gasteiger partial charge in [-0.15, -0.1) is 0 Å². The summed E-state index contributed by atoms with van der Waals surface area (Å²) >= 11 is 0. The summed E-state index contributed by atoms with van der Waals surface area (Å²) in [6, 6.07) is 62.9. The first kappa shape index (κ1) is 40.6. The van der Waals surface area contributed by atoms with E-state index in [1.54, 1.807) is 0 Å². The first-order valence-electron chi connectivity index (χ1n) is 25.0. The number of fused-ring (bicyclic) bond motifs is 7. The van der Waals surface area contributed by atoms with E-state index in [4.69, 9.17) is 0 Å². The van der Waals surface area contributed by atoms with E-state index in [0.717, 1.165) is 38.5 Å². The van der Waals surface area contributed by atoms with E-state index in [0.29, 0.717) is 0 Å². The van der Waals surface area contributed by atoms with Crippen molar-refractivity contribution in [1.29, 1.82) is 0 Å². The average Bonchev–Trinajstić information content (AvgIpc) is 3.56. The molecule has 0 aliphatic heterocycles. The monoisotopic (exact) mass is 868 g/mol. The van der Waals surface area contributed by atoms with Crippen molar-refractivity contribution < 1.29 is 0 Å². The van der Waals surface area contributed by atoms with Crippen molar-refractivity contribution in [2.24, 2.45) is 0 Å². The minimum absolute atomic E-state index is 0.0669. The fraction of sp³-hybridized carbons (Fsp3) is 0.262. The smallest absolute Gasteiger partial charge is 0.0715 e. The van der Waals surface area contributed by atoms with E-state index in [2.05, 4.69) is 209 Å². The molecule has 0 saturated heterocycles. The van der Waals surface area contributed by atoms with Crippen molar-refractivity contribution in [3.05, 3.63) is 236 Å². The number of rotatable bonds is 8. The number of hydrogen-bond donors (Lipinski definition) is 0. The Morgan fingerprint density at radius 2 is 0.597 bits per heavy atom. The Kier molecular flexibility index (Phi) is 8.90. The van der Waals surface area contributed by atoms with E-state index in [1.807, 2.05) is 0 Å². The van der Waals surface area contributed by atoms with Crippen LogP contribution in [-0.2, 0) is 67.6 Å². The normalized spacial score (nSPS) is 15.6. The largest absolute Gasteiger partial charge is 0.310 e. The van der Waals surface area contributed by atoms with Crippen LogP contribution in [0.1, 0.15) is 119 Å². The van der Waals surface area contributed by atoms with Gasteiger partial charge in [-0.05, 0) is 224 Å². The van der Waals surface area contributed by atoms with Crippen LogP contribution in [0.25, 0.3) is 11.1 Å². The lowest BCUT2D eigenvalue weighted by Crippen LogP contribution is -2.31. The van der Waals surface area contributed by atoms with Crippen molar-refractivity contribution in [3.63, 3.8) is 0 Å². The van der Waals surface area contributed by atoms with Gasteiger partial charge in [-0.3, -0.25) is 0 Å². The van der Waals surface area contributed by atoms with Crippen molar-refractivity contribution in [2.45, 2.75) is 109 Å². The lowest BCUT2D eigenvalue weighted by Gasteiger charge is -2.38. The van der Waals surface area contributed by atoms with E-state index in [-0.39, 0.29) is 10.8 Å². The average molecular weight is 869 g/mol. The highest BCUT2D eigenvalue weighted by Gasteiger charge is 2.48. The van der Waals surface area contributed by atoms with Gasteiger partial charge in [-0.25, -0.2) is 0 Å². The molecule has 5 aliphatic rings. The Morgan fingerprint density at radius 3 is 0.910 bits per heavy atom. The molecule has 0 spiro atoms. The number of benzene rings is 8. The standard InChI is InChI=1S/C65H60N2/c1-63(2,3)49-21-27-53(28-22-49)66(55-25-17-43-9-13-47(43)37-55)57-31-33-59-60-34-32-58(67(56-26-18-44-10-14-48(44)38-56)54-29-23-50(24-30-54)64(4,5)6)40-62(60)65(61(59)39-57,51-19-15-41-7-11-45(41)35-51)52-20-16-42-8-12-46(42)36-52/h15-40H,7-14H2,1-6H3. The van der Waals surface area contributed by atoms with Crippen LogP contribution in [-0.4, -0.2) is 0 Å². The molecule has 0 fully saturated rings. The van der Waals surface area contributed by atoms with Crippen LogP contribution in [0.3, 0.4) is 0 Å². The second-order valence-corrected chi connectivity index (χ2v) is 22.3. The third-order valence-electron chi connectivity index (χ3n) is 16.4. The fourth-order valence-corrected chi connectivity index (χ4v) is 12.0. The molecule has 8 aromatic carbocycles. The van der Waals surface area contributed by atoms with E-state index >= 15 is 0 Å². The quantitative estimate of drug-likeness (QED) is 0.150. The van der Waals surface area contributed by atoms with Crippen LogP contribution in [0.15, 0.2) is 158 Å². The number of aryl methyl sites for hydroxylation is 8. The molecule has 0 N–H and O–H groups in total. The van der Waals surface area contributed by atoms with Crippen LogP contribution in [0.5, 0.6) is 0 Å². The first-order chi connectivity index (χ1) is 32.4. The van der Waals surface area contributed by atoms with Crippen LogP contribution < -0.4 is 9.80 Å². The minimum Gasteiger partial charge on any atom is -0.310 e. The molecule has 13 rings (SSSR count). The molecule has 67 heavy (non-hydrogen) atoms. The van der Waals surface area contributed by atoms with Gasteiger partial charge < -0.3 is 9.80 Å². The van der Waals surface area contributed by atoms with Gasteiger partial charge >= 0.3 is 0 Å². The minimum atomic E-state index is -0.559. The molecule has 0 bridgehead atoms. The Balaban J connectivity index is 1.06. The van der Waals surface area contributed by atoms with E-state index in [1.165, 1.54) is 136 Å². The molecule has 0 radical (unpaired) electrons. The van der Waals surface area contributed by atoms with Crippen molar-refractivity contribution in [3.8, 4) is 11.1 Å². The number of nitrogens with zero attached hydrogens (tertiary/aromatic N) is 2. The van der Waals surface area contributed by atoms with Crippen molar-refractivity contribution >= 4 is 34.1 Å². The summed E-state index contributed by atoms with van der Waals surface area (Å²) in [5.41, 5.74) is 29.4. The summed E-state index contributed by atoms with van der Waals surface area (Å²) in [5.74, 6) is 0. The second kappa shape index (κ2) is 14.7. The summed E-state index contributed by atoms with van der Waals surface area (Å²) in [5, 5.41) is 0. The molecule has 0 saturated carbocycles.